The number of methoxy groups -OCH3 is 1. The second-order valence-electron chi connectivity index (χ2n) is 9.33. The molecule has 3 heterocycles. The van der Waals surface area contributed by atoms with Gasteiger partial charge in [0.2, 0.25) is 5.91 Å². The van der Waals surface area contributed by atoms with Crippen molar-refractivity contribution in [3.8, 4) is 11.8 Å². The quantitative estimate of drug-likeness (QED) is 0.422. The number of amides is 2. The SMILES string of the molecule is COc1cccc2[nH]c(C(=O)N3CCc4ccccc4C3C(=O)NC(C#N)CC3CCNC3O)cc12. The lowest BCUT2D eigenvalue weighted by molar-refractivity contribution is -0.126. The summed E-state index contributed by atoms with van der Waals surface area (Å²) >= 11 is 0. The van der Waals surface area contributed by atoms with Crippen LogP contribution in [0.25, 0.3) is 10.9 Å². The topological polar surface area (TPSA) is 130 Å². The van der Waals surface area contributed by atoms with E-state index in [-0.39, 0.29) is 11.8 Å². The van der Waals surface area contributed by atoms with E-state index in [1.807, 2.05) is 42.5 Å². The molecule has 2 aliphatic rings. The van der Waals surface area contributed by atoms with Crippen LogP contribution in [0.5, 0.6) is 5.75 Å². The number of fused-ring (bicyclic) bond motifs is 2. The van der Waals surface area contributed by atoms with Crippen molar-refractivity contribution in [3.05, 3.63) is 65.4 Å². The molecule has 0 bridgehead atoms. The Labute approximate surface area is 209 Å². The number of aliphatic hydroxyl groups excluding tert-OH is 1. The maximum atomic E-state index is 13.7. The number of carbonyl (C=O) groups is 2. The zero-order chi connectivity index (χ0) is 25.2. The average Bonchev–Trinajstić information content (AvgIpc) is 3.52. The number of aromatic nitrogens is 1. The first-order valence-corrected chi connectivity index (χ1v) is 12.2. The summed E-state index contributed by atoms with van der Waals surface area (Å²) in [5.74, 6) is -0.169. The van der Waals surface area contributed by atoms with Crippen molar-refractivity contribution in [1.82, 2.24) is 20.5 Å². The molecule has 0 saturated carbocycles. The Morgan fingerprint density at radius 3 is 2.86 bits per heavy atom. The minimum absolute atomic E-state index is 0.118. The molecule has 2 aliphatic heterocycles. The van der Waals surface area contributed by atoms with E-state index in [1.54, 1.807) is 18.1 Å². The lowest BCUT2D eigenvalue weighted by Gasteiger charge is -2.36. The first-order valence-electron chi connectivity index (χ1n) is 12.2. The Kier molecular flexibility index (Phi) is 6.63. The number of ether oxygens (including phenoxy) is 1. The molecule has 2 aromatic carbocycles. The summed E-state index contributed by atoms with van der Waals surface area (Å²) in [7, 11) is 1.58. The average molecular weight is 488 g/mol. The summed E-state index contributed by atoms with van der Waals surface area (Å²) in [5.41, 5.74) is 2.89. The number of hydrogen-bond donors (Lipinski definition) is 4. The molecule has 3 aromatic rings. The van der Waals surface area contributed by atoms with Crippen molar-refractivity contribution in [2.24, 2.45) is 5.92 Å². The van der Waals surface area contributed by atoms with Gasteiger partial charge in [0, 0.05) is 23.4 Å². The molecule has 4 unspecified atom stereocenters. The van der Waals surface area contributed by atoms with Crippen molar-refractivity contribution in [2.45, 2.75) is 37.6 Å². The lowest BCUT2D eigenvalue weighted by atomic mass is 9.91. The van der Waals surface area contributed by atoms with Gasteiger partial charge in [-0.25, -0.2) is 0 Å². The Hall–Kier alpha value is -3.87. The van der Waals surface area contributed by atoms with Crippen LogP contribution in [0, 0.1) is 17.2 Å². The van der Waals surface area contributed by atoms with Gasteiger partial charge in [-0.15, -0.1) is 0 Å². The maximum Gasteiger partial charge on any atom is 0.271 e. The highest BCUT2D eigenvalue weighted by atomic mass is 16.5. The van der Waals surface area contributed by atoms with Crippen LogP contribution in [0.15, 0.2) is 48.5 Å². The number of benzene rings is 2. The van der Waals surface area contributed by atoms with E-state index in [0.29, 0.717) is 37.4 Å². The molecule has 0 radical (unpaired) electrons. The molecular formula is C27H29N5O4. The van der Waals surface area contributed by atoms with Crippen LogP contribution in [-0.2, 0) is 11.2 Å². The number of hydrogen-bond acceptors (Lipinski definition) is 6. The van der Waals surface area contributed by atoms with Crippen molar-refractivity contribution in [1.29, 1.82) is 5.26 Å². The fourth-order valence-corrected chi connectivity index (χ4v) is 5.33. The molecule has 5 rings (SSSR count). The molecule has 1 saturated heterocycles. The number of aliphatic hydroxyl groups is 1. The molecule has 0 aliphatic carbocycles. The Bertz CT molecular complexity index is 1330. The minimum atomic E-state index is -0.877. The largest absolute Gasteiger partial charge is 0.496 e. The van der Waals surface area contributed by atoms with Gasteiger partial charge < -0.3 is 25.0 Å². The van der Waals surface area contributed by atoms with Crippen LogP contribution >= 0.6 is 0 Å². The molecule has 36 heavy (non-hydrogen) atoms. The third-order valence-corrected chi connectivity index (χ3v) is 7.19. The molecule has 2 amide bonds. The third-order valence-electron chi connectivity index (χ3n) is 7.19. The van der Waals surface area contributed by atoms with Gasteiger partial charge in [-0.2, -0.15) is 5.26 Å². The van der Waals surface area contributed by atoms with Crippen molar-refractivity contribution < 1.29 is 19.4 Å². The summed E-state index contributed by atoms with van der Waals surface area (Å²) in [5, 5.41) is 26.4. The first kappa shape index (κ1) is 23.9. The van der Waals surface area contributed by atoms with E-state index in [2.05, 4.69) is 21.7 Å². The van der Waals surface area contributed by atoms with E-state index in [4.69, 9.17) is 4.74 Å². The van der Waals surface area contributed by atoms with Gasteiger partial charge >= 0.3 is 0 Å². The second kappa shape index (κ2) is 10.0. The van der Waals surface area contributed by atoms with Crippen LogP contribution in [0.2, 0.25) is 0 Å². The second-order valence-corrected chi connectivity index (χ2v) is 9.33. The zero-order valence-corrected chi connectivity index (χ0v) is 20.0. The van der Waals surface area contributed by atoms with Crippen molar-refractivity contribution in [3.63, 3.8) is 0 Å². The summed E-state index contributed by atoms with van der Waals surface area (Å²) in [6, 6.07) is 15.4. The molecular weight excluding hydrogens is 458 g/mol. The normalized spacial score (nSPS) is 22.0. The lowest BCUT2D eigenvalue weighted by Crippen LogP contribution is -2.49. The third kappa shape index (κ3) is 4.41. The number of carbonyl (C=O) groups excluding carboxylic acids is 2. The summed E-state index contributed by atoms with van der Waals surface area (Å²) < 4.78 is 5.43. The van der Waals surface area contributed by atoms with E-state index >= 15 is 0 Å². The van der Waals surface area contributed by atoms with E-state index in [9.17, 15) is 20.0 Å². The summed E-state index contributed by atoms with van der Waals surface area (Å²) in [6.45, 7) is 1.04. The van der Waals surface area contributed by atoms with Crippen LogP contribution in [0.1, 0.15) is 40.5 Å². The molecule has 1 aromatic heterocycles. The van der Waals surface area contributed by atoms with Gasteiger partial charge in [0.15, 0.2) is 0 Å². The number of nitriles is 1. The Morgan fingerprint density at radius 1 is 1.28 bits per heavy atom. The van der Waals surface area contributed by atoms with Gasteiger partial charge in [-0.05, 0) is 55.1 Å². The molecule has 1 fully saturated rings. The van der Waals surface area contributed by atoms with E-state index in [1.165, 1.54) is 0 Å². The molecule has 9 heteroatoms. The van der Waals surface area contributed by atoms with E-state index in [0.717, 1.165) is 28.5 Å². The number of aromatic amines is 1. The van der Waals surface area contributed by atoms with Crippen LogP contribution in [0.4, 0.5) is 0 Å². The summed E-state index contributed by atoms with van der Waals surface area (Å²) in [6.07, 6.45) is 0.998. The summed E-state index contributed by atoms with van der Waals surface area (Å²) in [4.78, 5) is 32.1. The van der Waals surface area contributed by atoms with Gasteiger partial charge in [-0.1, -0.05) is 30.3 Å². The number of rotatable bonds is 6. The monoisotopic (exact) mass is 487 g/mol. The highest BCUT2D eigenvalue weighted by Crippen LogP contribution is 2.33. The number of nitrogens with zero attached hydrogens (tertiary/aromatic N) is 2. The van der Waals surface area contributed by atoms with Gasteiger partial charge in [-0.3, -0.25) is 14.9 Å². The van der Waals surface area contributed by atoms with Gasteiger partial charge in [0.25, 0.3) is 5.91 Å². The van der Waals surface area contributed by atoms with Gasteiger partial charge in [0.05, 0.1) is 13.2 Å². The van der Waals surface area contributed by atoms with Crippen LogP contribution in [-0.4, -0.2) is 59.3 Å². The van der Waals surface area contributed by atoms with Crippen LogP contribution < -0.4 is 15.4 Å². The highest BCUT2D eigenvalue weighted by molar-refractivity contribution is 6.02. The smallest absolute Gasteiger partial charge is 0.271 e. The van der Waals surface area contributed by atoms with E-state index < -0.39 is 24.2 Å². The van der Waals surface area contributed by atoms with Crippen molar-refractivity contribution >= 4 is 22.7 Å². The molecule has 186 valence electrons. The maximum absolute atomic E-state index is 13.7. The minimum Gasteiger partial charge on any atom is -0.496 e. The fraction of sp³-hybridized carbons (Fsp3) is 0.370. The highest BCUT2D eigenvalue weighted by Gasteiger charge is 2.38. The molecule has 4 N–H and O–H groups in total. The predicted octanol–water partition coefficient (Wildman–Crippen LogP) is 2.24. The molecule has 9 nitrogen and oxygen atoms in total. The first-order chi connectivity index (χ1) is 17.5. The van der Waals surface area contributed by atoms with Crippen LogP contribution in [0.3, 0.4) is 0 Å². The molecule has 4 atom stereocenters. The zero-order valence-electron chi connectivity index (χ0n) is 20.0. The van der Waals surface area contributed by atoms with Gasteiger partial charge in [0.1, 0.15) is 29.8 Å². The Balaban J connectivity index is 1.44. The number of nitrogens with one attached hydrogen (secondary N) is 3. The fourth-order valence-electron chi connectivity index (χ4n) is 5.33. The Morgan fingerprint density at radius 2 is 2.11 bits per heavy atom. The van der Waals surface area contributed by atoms with Crippen molar-refractivity contribution in [2.75, 3.05) is 20.2 Å². The number of H-pyrrole nitrogens is 1. The predicted molar refractivity (Wildman–Crippen MR) is 133 cm³/mol. The molecule has 0 spiro atoms. The standard InChI is InChI=1S/C27H29N5O4/c1-36-23-8-4-7-21-20(23)14-22(31-21)27(35)32-12-10-16-5-2-3-6-19(16)24(32)26(34)30-18(15-28)13-17-9-11-29-25(17)33/h2-8,14,17-18,24-25,29,31,33H,9-13H2,1H3,(H,30,34).